The summed E-state index contributed by atoms with van der Waals surface area (Å²) in [5, 5.41) is 7.13. The molecule has 0 fully saturated rings. The Morgan fingerprint density at radius 2 is 1.62 bits per heavy atom. The zero-order valence-electron chi connectivity index (χ0n) is 17.7. The summed E-state index contributed by atoms with van der Waals surface area (Å²) in [6.07, 6.45) is 1.02. The lowest BCUT2D eigenvalue weighted by molar-refractivity contribution is 0.101. The standard InChI is InChI=1S/C26H22N4O2/c1-18-17-24(31)25(28-30(18)22-8-3-2-4-9-22)26(32)27-20-11-13-21(14-12-20)29-16-15-19-7-5-6-10-23(19)29/h2-14,17H,15-16H2,1H3,(H,27,32). The second-order valence-corrected chi connectivity index (χ2v) is 7.78. The second kappa shape index (κ2) is 8.15. The average molecular weight is 422 g/mol. The highest BCUT2D eigenvalue weighted by Crippen LogP contribution is 2.34. The summed E-state index contributed by atoms with van der Waals surface area (Å²) in [6.45, 7) is 2.72. The normalized spacial score (nSPS) is 12.5. The van der Waals surface area contributed by atoms with Crippen LogP contribution in [0.4, 0.5) is 17.1 Å². The summed E-state index contributed by atoms with van der Waals surface area (Å²) in [5.41, 5.74) is 5.13. The molecule has 0 spiro atoms. The van der Waals surface area contributed by atoms with Gasteiger partial charge in [-0.05, 0) is 61.4 Å². The van der Waals surface area contributed by atoms with Crippen LogP contribution in [0.3, 0.4) is 0 Å². The topological polar surface area (TPSA) is 67.2 Å². The summed E-state index contributed by atoms with van der Waals surface area (Å²) in [4.78, 5) is 27.6. The van der Waals surface area contributed by atoms with Gasteiger partial charge >= 0.3 is 0 Å². The maximum Gasteiger partial charge on any atom is 0.280 e. The van der Waals surface area contributed by atoms with Gasteiger partial charge in [-0.3, -0.25) is 9.59 Å². The van der Waals surface area contributed by atoms with E-state index in [-0.39, 0.29) is 5.69 Å². The molecule has 0 bridgehead atoms. The van der Waals surface area contributed by atoms with Crippen molar-refractivity contribution < 1.29 is 4.79 Å². The second-order valence-electron chi connectivity index (χ2n) is 7.78. The van der Waals surface area contributed by atoms with E-state index in [2.05, 4.69) is 33.5 Å². The molecule has 0 aliphatic carbocycles. The van der Waals surface area contributed by atoms with E-state index in [0.717, 1.165) is 24.3 Å². The van der Waals surface area contributed by atoms with E-state index in [0.29, 0.717) is 11.4 Å². The third kappa shape index (κ3) is 3.67. The maximum absolute atomic E-state index is 12.8. The van der Waals surface area contributed by atoms with Crippen LogP contribution in [0.2, 0.25) is 0 Å². The molecule has 158 valence electrons. The van der Waals surface area contributed by atoms with Crippen LogP contribution in [-0.4, -0.2) is 22.2 Å². The fraction of sp³-hybridized carbons (Fsp3) is 0.115. The summed E-state index contributed by atoms with van der Waals surface area (Å²) in [7, 11) is 0. The van der Waals surface area contributed by atoms with Gasteiger partial charge < -0.3 is 10.2 Å². The highest BCUT2D eigenvalue weighted by molar-refractivity contribution is 6.02. The van der Waals surface area contributed by atoms with Gasteiger partial charge in [-0.15, -0.1) is 0 Å². The number of aromatic nitrogens is 2. The average Bonchev–Trinajstić information content (AvgIpc) is 3.24. The number of benzene rings is 3. The maximum atomic E-state index is 12.8. The summed E-state index contributed by atoms with van der Waals surface area (Å²) >= 11 is 0. The summed E-state index contributed by atoms with van der Waals surface area (Å²) in [5.74, 6) is -0.529. The first-order chi connectivity index (χ1) is 15.6. The zero-order valence-corrected chi connectivity index (χ0v) is 17.7. The van der Waals surface area contributed by atoms with Crippen molar-refractivity contribution in [3.05, 3.63) is 112 Å². The van der Waals surface area contributed by atoms with Gasteiger partial charge in [-0.25, -0.2) is 4.68 Å². The van der Waals surface area contributed by atoms with Gasteiger partial charge in [0, 0.05) is 35.4 Å². The molecule has 32 heavy (non-hydrogen) atoms. The Bertz CT molecular complexity index is 1340. The molecule has 0 radical (unpaired) electrons. The first-order valence-electron chi connectivity index (χ1n) is 10.5. The molecule has 2 heterocycles. The first-order valence-corrected chi connectivity index (χ1v) is 10.5. The number of carbonyl (C=O) groups is 1. The van der Waals surface area contributed by atoms with Crippen LogP contribution >= 0.6 is 0 Å². The molecule has 6 nitrogen and oxygen atoms in total. The molecule has 0 unspecified atom stereocenters. The Labute approximate surface area is 185 Å². The molecule has 1 aliphatic heterocycles. The SMILES string of the molecule is Cc1cc(=O)c(C(=O)Nc2ccc(N3CCc4ccccc43)cc2)nn1-c1ccccc1. The van der Waals surface area contributed by atoms with Crippen molar-refractivity contribution in [2.45, 2.75) is 13.3 Å². The molecule has 0 saturated heterocycles. The van der Waals surface area contributed by atoms with Gasteiger partial charge in [0.1, 0.15) is 0 Å². The van der Waals surface area contributed by atoms with Gasteiger partial charge in [0.05, 0.1) is 5.69 Å². The van der Waals surface area contributed by atoms with Crippen molar-refractivity contribution in [2.75, 3.05) is 16.8 Å². The van der Waals surface area contributed by atoms with E-state index >= 15 is 0 Å². The fourth-order valence-corrected chi connectivity index (χ4v) is 4.06. The molecule has 0 atom stereocenters. The van der Waals surface area contributed by atoms with Crippen LogP contribution in [0.25, 0.3) is 5.69 Å². The molecule has 4 aromatic rings. The van der Waals surface area contributed by atoms with E-state index < -0.39 is 11.3 Å². The molecule has 6 heteroatoms. The number of anilines is 3. The zero-order chi connectivity index (χ0) is 22.1. The number of amides is 1. The van der Waals surface area contributed by atoms with Gasteiger partial charge in [0.25, 0.3) is 5.91 Å². The largest absolute Gasteiger partial charge is 0.341 e. The van der Waals surface area contributed by atoms with Crippen molar-refractivity contribution in [1.82, 2.24) is 9.78 Å². The quantitative estimate of drug-likeness (QED) is 0.526. The molecular weight excluding hydrogens is 400 g/mol. The van der Waals surface area contributed by atoms with Gasteiger partial charge in [-0.1, -0.05) is 36.4 Å². The van der Waals surface area contributed by atoms with Crippen molar-refractivity contribution in [1.29, 1.82) is 0 Å². The molecule has 1 amide bonds. The van der Waals surface area contributed by atoms with Crippen LogP contribution in [-0.2, 0) is 6.42 Å². The number of nitrogens with zero attached hydrogens (tertiary/aromatic N) is 3. The summed E-state index contributed by atoms with van der Waals surface area (Å²) in [6, 6.07) is 26.9. The van der Waals surface area contributed by atoms with Crippen LogP contribution in [0.5, 0.6) is 0 Å². The van der Waals surface area contributed by atoms with Crippen LogP contribution in [0.15, 0.2) is 89.7 Å². The number of rotatable bonds is 4. The van der Waals surface area contributed by atoms with Crippen LogP contribution < -0.4 is 15.6 Å². The number of hydrogen-bond acceptors (Lipinski definition) is 4. The Hall–Kier alpha value is -4.19. The molecule has 1 N–H and O–H groups in total. The Morgan fingerprint density at radius 1 is 0.906 bits per heavy atom. The molecule has 5 rings (SSSR count). The third-order valence-electron chi connectivity index (χ3n) is 5.65. The molecule has 3 aromatic carbocycles. The minimum atomic E-state index is -0.529. The number of aryl methyl sites for hydroxylation is 1. The predicted molar refractivity (Wildman–Crippen MR) is 126 cm³/mol. The number of carbonyl (C=O) groups excluding carboxylic acids is 1. The lowest BCUT2D eigenvalue weighted by Gasteiger charge is -2.20. The number of hydrogen-bond donors (Lipinski definition) is 1. The molecule has 0 saturated carbocycles. The Kier molecular flexibility index (Phi) is 5.03. The van der Waals surface area contributed by atoms with E-state index in [4.69, 9.17) is 0 Å². The molecular formula is C26H22N4O2. The van der Waals surface area contributed by atoms with Crippen LogP contribution in [0.1, 0.15) is 21.7 Å². The Balaban J connectivity index is 1.37. The Morgan fingerprint density at radius 3 is 2.41 bits per heavy atom. The smallest absolute Gasteiger partial charge is 0.280 e. The lowest BCUT2D eigenvalue weighted by Crippen LogP contribution is -2.26. The number of fused-ring (bicyclic) bond motifs is 1. The number of nitrogens with one attached hydrogen (secondary N) is 1. The van der Waals surface area contributed by atoms with E-state index in [1.54, 1.807) is 11.6 Å². The van der Waals surface area contributed by atoms with Crippen molar-refractivity contribution in [3.8, 4) is 5.69 Å². The monoisotopic (exact) mass is 422 g/mol. The fourth-order valence-electron chi connectivity index (χ4n) is 4.06. The molecule has 1 aromatic heterocycles. The highest BCUT2D eigenvalue weighted by Gasteiger charge is 2.20. The van der Waals surface area contributed by atoms with Gasteiger partial charge in [-0.2, -0.15) is 5.10 Å². The minimum absolute atomic E-state index is 0.142. The summed E-state index contributed by atoms with van der Waals surface area (Å²) < 4.78 is 1.60. The van der Waals surface area contributed by atoms with E-state index in [1.165, 1.54) is 17.3 Å². The van der Waals surface area contributed by atoms with E-state index in [1.807, 2.05) is 60.7 Å². The lowest BCUT2D eigenvalue weighted by atomic mass is 10.2. The van der Waals surface area contributed by atoms with Crippen molar-refractivity contribution >= 4 is 23.0 Å². The van der Waals surface area contributed by atoms with Gasteiger partial charge in [0.2, 0.25) is 5.43 Å². The number of para-hydroxylation sites is 2. The first kappa shape index (κ1) is 19.8. The third-order valence-corrected chi connectivity index (χ3v) is 5.65. The van der Waals surface area contributed by atoms with E-state index in [9.17, 15) is 9.59 Å². The van der Waals surface area contributed by atoms with Crippen LogP contribution in [0, 0.1) is 6.92 Å². The van der Waals surface area contributed by atoms with Crippen molar-refractivity contribution in [2.24, 2.45) is 0 Å². The molecule has 1 aliphatic rings. The predicted octanol–water partition coefficient (Wildman–Crippen LogP) is 4.49. The highest BCUT2D eigenvalue weighted by atomic mass is 16.2. The minimum Gasteiger partial charge on any atom is -0.341 e. The van der Waals surface area contributed by atoms with Gasteiger partial charge in [0.15, 0.2) is 5.69 Å². The van der Waals surface area contributed by atoms with Crippen molar-refractivity contribution in [3.63, 3.8) is 0 Å².